The molecule has 7 nitrogen and oxygen atoms in total. The predicted molar refractivity (Wildman–Crippen MR) is 135 cm³/mol. The fourth-order valence-corrected chi connectivity index (χ4v) is 4.50. The molecule has 1 aliphatic heterocycles. The lowest BCUT2D eigenvalue weighted by Crippen LogP contribution is -2.37. The Morgan fingerprint density at radius 2 is 1.82 bits per heavy atom. The molecule has 176 valence electrons. The van der Waals surface area contributed by atoms with Crippen LogP contribution in [0.15, 0.2) is 48.5 Å². The lowest BCUT2D eigenvalue weighted by atomic mass is 9.96. The highest BCUT2D eigenvalue weighted by atomic mass is 32.2. The van der Waals surface area contributed by atoms with Crippen LogP contribution < -0.4 is 5.32 Å². The molecule has 0 spiro atoms. The lowest BCUT2D eigenvalue weighted by molar-refractivity contribution is 0.112. The van der Waals surface area contributed by atoms with E-state index in [1.54, 1.807) is 0 Å². The summed E-state index contributed by atoms with van der Waals surface area (Å²) in [6.45, 7) is 8.96. The normalized spacial score (nSPS) is 14.9. The minimum absolute atomic E-state index is 0.00380. The minimum Gasteiger partial charge on any atom is -0.388 e. The van der Waals surface area contributed by atoms with E-state index in [0.717, 1.165) is 71.5 Å². The first-order valence-corrected chi connectivity index (χ1v) is 12.6. The van der Waals surface area contributed by atoms with Crippen LogP contribution in [0, 0.1) is 0 Å². The highest BCUT2D eigenvalue weighted by Crippen LogP contribution is 2.22. The topological polar surface area (TPSA) is 91.0 Å². The van der Waals surface area contributed by atoms with Crippen molar-refractivity contribution in [1.29, 1.82) is 0 Å². The molecule has 0 unspecified atom stereocenters. The van der Waals surface area contributed by atoms with Gasteiger partial charge in [-0.25, -0.2) is 4.98 Å². The van der Waals surface area contributed by atoms with Crippen LogP contribution in [-0.4, -0.2) is 62.2 Å². The van der Waals surface area contributed by atoms with E-state index in [1.165, 1.54) is 0 Å². The Hall–Kier alpha value is -2.84. The van der Waals surface area contributed by atoms with Crippen LogP contribution in [-0.2, 0) is 22.8 Å². The van der Waals surface area contributed by atoms with Crippen molar-refractivity contribution in [2.75, 3.05) is 37.0 Å². The van der Waals surface area contributed by atoms with Gasteiger partial charge in [0.1, 0.15) is 12.1 Å². The zero-order valence-electron chi connectivity index (χ0n) is 19.8. The van der Waals surface area contributed by atoms with Crippen molar-refractivity contribution in [1.82, 2.24) is 20.1 Å². The van der Waals surface area contributed by atoms with E-state index in [0.29, 0.717) is 0 Å². The summed E-state index contributed by atoms with van der Waals surface area (Å²) in [4.78, 5) is 17.4. The zero-order valence-corrected chi connectivity index (χ0v) is 20.6. The van der Waals surface area contributed by atoms with Crippen LogP contribution in [0.1, 0.15) is 42.5 Å². The van der Waals surface area contributed by atoms with Crippen LogP contribution in [0.25, 0.3) is 11.4 Å². The number of aromatic nitrogens is 3. The molecule has 0 saturated carbocycles. The average molecular weight is 468 g/mol. The number of hydrogen-bond acceptors (Lipinski definition) is 6. The summed E-state index contributed by atoms with van der Waals surface area (Å²) in [5.41, 5.74) is 3.97. The highest BCUT2D eigenvalue weighted by molar-refractivity contribution is 7.85. The van der Waals surface area contributed by atoms with Gasteiger partial charge in [-0.1, -0.05) is 39.0 Å². The Morgan fingerprint density at radius 3 is 2.39 bits per heavy atom. The number of nitrogens with zero attached hydrogens (tertiary/aromatic N) is 3. The number of nitrogens with one attached hydrogen (secondary N) is 2. The summed E-state index contributed by atoms with van der Waals surface area (Å²) in [6.07, 6.45) is 0.870. The molecule has 3 aromatic rings. The summed E-state index contributed by atoms with van der Waals surface area (Å²) in [6, 6.07) is 15.7. The van der Waals surface area contributed by atoms with E-state index in [2.05, 4.69) is 46.2 Å². The van der Waals surface area contributed by atoms with E-state index >= 15 is 0 Å². The van der Waals surface area contributed by atoms with Gasteiger partial charge in [-0.15, -0.1) is 0 Å². The number of aromatic amines is 1. The number of benzene rings is 2. The van der Waals surface area contributed by atoms with Gasteiger partial charge in [0.15, 0.2) is 5.82 Å². The van der Waals surface area contributed by atoms with Gasteiger partial charge in [0.25, 0.3) is 0 Å². The van der Waals surface area contributed by atoms with Crippen molar-refractivity contribution >= 4 is 22.8 Å². The number of rotatable bonds is 5. The third kappa shape index (κ3) is 7.33. The van der Waals surface area contributed by atoms with Gasteiger partial charge in [0, 0.05) is 71.2 Å². The van der Waals surface area contributed by atoms with E-state index in [1.807, 2.05) is 55.6 Å². The Kier molecular flexibility index (Phi) is 8.52. The van der Waals surface area contributed by atoms with Crippen LogP contribution in [0.4, 0.5) is 5.69 Å². The first-order valence-electron chi connectivity index (χ1n) is 11.1. The smallest absolute Gasteiger partial charge is 0.181 e. The van der Waals surface area contributed by atoms with Crippen LogP contribution in [0.2, 0.25) is 0 Å². The number of anilines is 1. The van der Waals surface area contributed by atoms with Gasteiger partial charge >= 0.3 is 0 Å². The van der Waals surface area contributed by atoms with E-state index in [4.69, 9.17) is 0 Å². The molecule has 1 saturated heterocycles. The molecule has 0 amide bonds. The molecule has 0 radical (unpaired) electrons. The SMILES string of the molecule is CNc1ccc(-c2n[nH]c(C(C)(C)C)n2)cc1.O=Cc1cccc(CN2CCS(=O)CC2)c1. The van der Waals surface area contributed by atoms with Gasteiger partial charge in [0.05, 0.1) is 0 Å². The van der Waals surface area contributed by atoms with Crippen molar-refractivity contribution in [3.05, 3.63) is 65.5 Å². The first kappa shape index (κ1) is 24.8. The quantitative estimate of drug-likeness (QED) is 0.554. The molecule has 1 aliphatic rings. The van der Waals surface area contributed by atoms with Gasteiger partial charge in [-0.05, 0) is 35.9 Å². The monoisotopic (exact) mass is 467 g/mol. The number of carbonyl (C=O) groups is 1. The van der Waals surface area contributed by atoms with Crippen LogP contribution in [0.5, 0.6) is 0 Å². The summed E-state index contributed by atoms with van der Waals surface area (Å²) < 4.78 is 11.2. The molecule has 33 heavy (non-hydrogen) atoms. The molecule has 1 fully saturated rings. The number of hydrogen-bond donors (Lipinski definition) is 2. The van der Waals surface area contributed by atoms with E-state index < -0.39 is 10.8 Å². The standard InChI is InChI=1S/C13H18N4.C12H15NO2S/c1-13(2,3)12-15-11(16-17-12)9-5-7-10(14-4)8-6-9;14-10-12-3-1-2-11(8-12)9-13-4-6-16(15)7-5-13/h5-8,14H,1-4H3,(H,15,16,17);1-3,8,10H,4-7,9H2. The molecule has 2 N–H and O–H groups in total. The molecule has 4 rings (SSSR count). The molecule has 0 atom stereocenters. The maximum Gasteiger partial charge on any atom is 0.181 e. The van der Waals surface area contributed by atoms with Crippen molar-refractivity contribution in [3.63, 3.8) is 0 Å². The molecule has 0 bridgehead atoms. The van der Waals surface area contributed by atoms with Crippen molar-refractivity contribution < 1.29 is 9.00 Å². The summed E-state index contributed by atoms with van der Waals surface area (Å²) in [5.74, 6) is 3.20. The molecule has 0 aliphatic carbocycles. The van der Waals surface area contributed by atoms with Crippen LogP contribution in [0.3, 0.4) is 0 Å². The second-order valence-electron chi connectivity index (χ2n) is 9.07. The van der Waals surface area contributed by atoms with Gasteiger partial charge < -0.3 is 5.32 Å². The Balaban J connectivity index is 0.000000186. The van der Waals surface area contributed by atoms with E-state index in [9.17, 15) is 9.00 Å². The summed E-state index contributed by atoms with van der Waals surface area (Å²) in [5, 5.41) is 10.3. The molecular weight excluding hydrogens is 434 g/mol. The fourth-order valence-electron chi connectivity index (χ4n) is 3.37. The Bertz CT molecular complexity index is 1060. The third-order valence-electron chi connectivity index (χ3n) is 5.39. The Labute approximate surface area is 198 Å². The maximum absolute atomic E-state index is 11.2. The highest BCUT2D eigenvalue weighted by Gasteiger charge is 2.19. The summed E-state index contributed by atoms with van der Waals surface area (Å²) >= 11 is 0. The van der Waals surface area contributed by atoms with Crippen LogP contribution >= 0.6 is 0 Å². The van der Waals surface area contributed by atoms with Gasteiger partial charge in [-0.3, -0.25) is 19.0 Å². The zero-order chi connectivity index (χ0) is 23.8. The Morgan fingerprint density at radius 1 is 1.12 bits per heavy atom. The second kappa shape index (κ2) is 11.3. The number of H-pyrrole nitrogens is 1. The first-order chi connectivity index (χ1) is 15.8. The molecule has 1 aromatic heterocycles. The second-order valence-corrected chi connectivity index (χ2v) is 10.8. The molecule has 2 heterocycles. The van der Waals surface area contributed by atoms with E-state index in [-0.39, 0.29) is 5.41 Å². The van der Waals surface area contributed by atoms with Gasteiger partial charge in [0.2, 0.25) is 0 Å². The van der Waals surface area contributed by atoms with Gasteiger partial charge in [-0.2, -0.15) is 5.10 Å². The number of carbonyl (C=O) groups excluding carboxylic acids is 1. The number of aldehydes is 1. The van der Waals surface area contributed by atoms with Crippen molar-refractivity contribution in [2.24, 2.45) is 0 Å². The van der Waals surface area contributed by atoms with Crippen molar-refractivity contribution in [2.45, 2.75) is 32.7 Å². The molecular formula is C25H33N5O2S. The minimum atomic E-state index is -0.623. The summed E-state index contributed by atoms with van der Waals surface area (Å²) in [7, 11) is 1.28. The largest absolute Gasteiger partial charge is 0.388 e. The maximum atomic E-state index is 11.2. The molecule has 8 heteroatoms. The average Bonchev–Trinajstić information content (AvgIpc) is 3.32. The van der Waals surface area contributed by atoms with Crippen molar-refractivity contribution in [3.8, 4) is 11.4 Å². The fraction of sp³-hybridized carbons (Fsp3) is 0.400. The lowest BCUT2D eigenvalue weighted by Gasteiger charge is -2.26. The third-order valence-corrected chi connectivity index (χ3v) is 6.67. The predicted octanol–water partition coefficient (Wildman–Crippen LogP) is 3.87. The molecule has 2 aromatic carbocycles.